The largest absolute Gasteiger partial charge is 0.366 e. The maximum atomic E-state index is 6.02. The number of pyridine rings is 1. The fraction of sp³-hybridized carbons (Fsp3) is 0.389. The van der Waals surface area contributed by atoms with Gasteiger partial charge in [0.1, 0.15) is 17.2 Å². The fourth-order valence-electron chi connectivity index (χ4n) is 3.26. The number of epoxide rings is 1. The lowest BCUT2D eigenvalue weighted by molar-refractivity contribution is 0.106. The lowest BCUT2D eigenvalue weighted by atomic mass is 9.75. The summed E-state index contributed by atoms with van der Waals surface area (Å²) in [6.45, 7) is 7.31. The SMILES string of the molecule is CC(C)(C)[C@@]1([C@H](c2ccccn2)n2nnc3ccccc32)CO1. The monoisotopic (exact) mass is 308 g/mol. The van der Waals surface area contributed by atoms with Gasteiger partial charge >= 0.3 is 0 Å². The normalized spacial score (nSPS) is 22.2. The maximum Gasteiger partial charge on any atom is 0.128 e. The zero-order chi connectivity index (χ0) is 16.1. The van der Waals surface area contributed by atoms with Gasteiger partial charge in [0.2, 0.25) is 0 Å². The van der Waals surface area contributed by atoms with Gasteiger partial charge in [0.15, 0.2) is 0 Å². The summed E-state index contributed by atoms with van der Waals surface area (Å²) in [4.78, 5) is 4.59. The van der Waals surface area contributed by atoms with E-state index in [1.54, 1.807) is 0 Å². The Kier molecular flexibility index (Phi) is 3.03. The van der Waals surface area contributed by atoms with Crippen LogP contribution < -0.4 is 0 Å². The molecule has 118 valence electrons. The van der Waals surface area contributed by atoms with Crippen LogP contribution in [0.1, 0.15) is 32.5 Å². The van der Waals surface area contributed by atoms with Gasteiger partial charge in [-0.2, -0.15) is 0 Å². The first-order valence-electron chi connectivity index (χ1n) is 7.88. The Hall–Kier alpha value is -2.27. The predicted molar refractivity (Wildman–Crippen MR) is 88.0 cm³/mol. The van der Waals surface area contributed by atoms with Crippen LogP contribution in [0.3, 0.4) is 0 Å². The Morgan fingerprint density at radius 3 is 2.52 bits per heavy atom. The summed E-state index contributed by atoms with van der Waals surface area (Å²) in [5.74, 6) is 0. The van der Waals surface area contributed by atoms with Gasteiger partial charge in [0.05, 0.1) is 17.8 Å². The molecule has 0 saturated carbocycles. The van der Waals surface area contributed by atoms with Crippen LogP contribution in [-0.2, 0) is 4.74 Å². The smallest absolute Gasteiger partial charge is 0.128 e. The Morgan fingerprint density at radius 1 is 1.13 bits per heavy atom. The topological polar surface area (TPSA) is 56.1 Å². The molecule has 5 heteroatoms. The van der Waals surface area contributed by atoms with E-state index in [0.717, 1.165) is 16.7 Å². The van der Waals surface area contributed by atoms with E-state index < -0.39 is 0 Å². The first kappa shape index (κ1) is 14.3. The number of fused-ring (bicyclic) bond motifs is 1. The first-order valence-corrected chi connectivity index (χ1v) is 7.88. The van der Waals surface area contributed by atoms with Gasteiger partial charge in [0.25, 0.3) is 0 Å². The molecule has 0 unspecified atom stereocenters. The summed E-state index contributed by atoms with van der Waals surface area (Å²) in [6.07, 6.45) is 1.82. The molecule has 5 nitrogen and oxygen atoms in total. The molecule has 0 radical (unpaired) electrons. The van der Waals surface area contributed by atoms with Gasteiger partial charge in [-0.25, -0.2) is 4.68 Å². The second kappa shape index (κ2) is 4.86. The molecule has 2 atom stereocenters. The van der Waals surface area contributed by atoms with Crippen LogP contribution in [0, 0.1) is 5.41 Å². The Balaban J connectivity index is 1.94. The molecule has 1 fully saturated rings. The summed E-state index contributed by atoms with van der Waals surface area (Å²) in [5, 5.41) is 8.76. The molecular formula is C18H20N4O. The predicted octanol–water partition coefficient (Wildman–Crippen LogP) is 3.23. The van der Waals surface area contributed by atoms with E-state index in [1.807, 2.05) is 53.3 Å². The maximum absolute atomic E-state index is 6.02. The van der Waals surface area contributed by atoms with Crippen molar-refractivity contribution in [1.29, 1.82) is 0 Å². The molecule has 3 heterocycles. The van der Waals surface area contributed by atoms with E-state index in [9.17, 15) is 0 Å². The fourth-order valence-corrected chi connectivity index (χ4v) is 3.26. The highest BCUT2D eigenvalue weighted by atomic mass is 16.6. The molecule has 0 spiro atoms. The average molecular weight is 308 g/mol. The highest BCUT2D eigenvalue weighted by molar-refractivity contribution is 5.74. The molecule has 2 aromatic heterocycles. The first-order chi connectivity index (χ1) is 11.0. The third-order valence-electron chi connectivity index (χ3n) is 4.76. The second-order valence-corrected chi connectivity index (χ2v) is 7.11. The Morgan fingerprint density at radius 2 is 1.87 bits per heavy atom. The summed E-state index contributed by atoms with van der Waals surface area (Å²) in [7, 11) is 0. The van der Waals surface area contributed by atoms with Crippen LogP contribution in [0.5, 0.6) is 0 Å². The number of aromatic nitrogens is 4. The zero-order valence-electron chi connectivity index (χ0n) is 13.6. The molecule has 1 aliphatic heterocycles. The summed E-state index contributed by atoms with van der Waals surface area (Å²) in [6, 6.07) is 13.9. The Labute approximate surface area is 135 Å². The number of nitrogens with zero attached hydrogens (tertiary/aromatic N) is 4. The molecule has 4 rings (SSSR count). The quantitative estimate of drug-likeness (QED) is 0.697. The minimum absolute atomic E-state index is 0.0394. The van der Waals surface area contributed by atoms with Crippen molar-refractivity contribution in [3.8, 4) is 0 Å². The molecule has 0 aliphatic carbocycles. The van der Waals surface area contributed by atoms with Crippen molar-refractivity contribution in [2.24, 2.45) is 5.41 Å². The average Bonchev–Trinajstić information content (AvgIpc) is 3.24. The van der Waals surface area contributed by atoms with Crippen molar-refractivity contribution in [2.45, 2.75) is 32.4 Å². The van der Waals surface area contributed by atoms with E-state index in [2.05, 4.69) is 36.1 Å². The molecule has 0 bridgehead atoms. The molecule has 1 aromatic carbocycles. The number of hydrogen-bond donors (Lipinski definition) is 0. The van der Waals surface area contributed by atoms with E-state index >= 15 is 0 Å². The van der Waals surface area contributed by atoms with Gasteiger partial charge in [-0.1, -0.05) is 44.2 Å². The van der Waals surface area contributed by atoms with Crippen LogP contribution >= 0.6 is 0 Å². The van der Waals surface area contributed by atoms with Crippen molar-refractivity contribution in [1.82, 2.24) is 20.0 Å². The third-order valence-corrected chi connectivity index (χ3v) is 4.76. The summed E-state index contributed by atoms with van der Waals surface area (Å²) in [5.41, 5.74) is 2.48. The van der Waals surface area contributed by atoms with E-state index in [1.165, 1.54) is 0 Å². The van der Waals surface area contributed by atoms with E-state index in [-0.39, 0.29) is 17.1 Å². The van der Waals surface area contributed by atoms with E-state index in [4.69, 9.17) is 4.74 Å². The van der Waals surface area contributed by atoms with Crippen LogP contribution in [0.25, 0.3) is 11.0 Å². The molecule has 3 aromatic rings. The van der Waals surface area contributed by atoms with E-state index in [0.29, 0.717) is 6.61 Å². The minimum Gasteiger partial charge on any atom is -0.366 e. The molecule has 23 heavy (non-hydrogen) atoms. The van der Waals surface area contributed by atoms with Crippen molar-refractivity contribution >= 4 is 11.0 Å². The van der Waals surface area contributed by atoms with Crippen molar-refractivity contribution in [3.63, 3.8) is 0 Å². The minimum atomic E-state index is -0.322. The second-order valence-electron chi connectivity index (χ2n) is 7.11. The lowest BCUT2D eigenvalue weighted by Gasteiger charge is -2.34. The van der Waals surface area contributed by atoms with Gasteiger partial charge in [-0.15, -0.1) is 5.10 Å². The number of benzene rings is 1. The van der Waals surface area contributed by atoms with Crippen LogP contribution in [-0.4, -0.2) is 32.2 Å². The number of rotatable bonds is 3. The molecule has 0 amide bonds. The van der Waals surface area contributed by atoms with Gasteiger partial charge in [0, 0.05) is 6.20 Å². The summed E-state index contributed by atoms with van der Waals surface area (Å²) >= 11 is 0. The number of hydrogen-bond acceptors (Lipinski definition) is 4. The standard InChI is InChI=1S/C18H20N4O/c1-17(2,3)18(12-23-18)16(14-9-6-7-11-19-14)22-15-10-5-4-8-13(15)20-21-22/h4-11,16H,12H2,1-3H3/t16-,18-/m0/s1. The summed E-state index contributed by atoms with van der Waals surface area (Å²) < 4.78 is 7.99. The van der Waals surface area contributed by atoms with Crippen molar-refractivity contribution in [2.75, 3.05) is 6.61 Å². The molecule has 1 aliphatic rings. The molecule has 0 N–H and O–H groups in total. The highest BCUT2D eigenvalue weighted by Crippen LogP contribution is 2.53. The van der Waals surface area contributed by atoms with Crippen LogP contribution in [0.15, 0.2) is 48.7 Å². The van der Waals surface area contributed by atoms with Gasteiger partial charge in [-0.05, 0) is 29.7 Å². The Bertz CT molecular complexity index is 831. The van der Waals surface area contributed by atoms with Crippen LogP contribution in [0.2, 0.25) is 0 Å². The zero-order valence-corrected chi connectivity index (χ0v) is 13.6. The molecular weight excluding hydrogens is 288 g/mol. The van der Waals surface area contributed by atoms with Crippen molar-refractivity contribution < 1.29 is 4.74 Å². The highest BCUT2D eigenvalue weighted by Gasteiger charge is 2.61. The lowest BCUT2D eigenvalue weighted by Crippen LogP contribution is -2.41. The third kappa shape index (κ3) is 2.15. The number of para-hydroxylation sites is 1. The van der Waals surface area contributed by atoms with Gasteiger partial charge < -0.3 is 4.74 Å². The van der Waals surface area contributed by atoms with Gasteiger partial charge in [-0.3, -0.25) is 4.98 Å². The van der Waals surface area contributed by atoms with Crippen LogP contribution in [0.4, 0.5) is 0 Å². The van der Waals surface area contributed by atoms with Crippen molar-refractivity contribution in [3.05, 3.63) is 54.4 Å². The molecule has 1 saturated heterocycles. The number of ether oxygens (including phenoxy) is 1.